The molecule has 1 fully saturated rings. The maximum atomic E-state index is 12.0. The van der Waals surface area contributed by atoms with Gasteiger partial charge in [0.1, 0.15) is 0 Å². The molecule has 0 atom stereocenters. The third-order valence-corrected chi connectivity index (χ3v) is 5.23. The number of carbonyl (C=O) groups is 2. The normalized spacial score (nSPS) is 15.1. The third-order valence-electron chi connectivity index (χ3n) is 4.32. The second kappa shape index (κ2) is 11.1. The quantitative estimate of drug-likeness (QED) is 0.699. The van der Waals surface area contributed by atoms with Crippen LogP contribution in [-0.4, -0.2) is 53.4 Å². The van der Waals surface area contributed by atoms with E-state index in [0.29, 0.717) is 18.1 Å². The SMILES string of the molecule is CCC(CC)(CN)NC(=O)CSCC(=O)N1CCCCC1.Cl. The molecule has 0 unspecified atom stereocenters. The molecule has 5 nitrogen and oxygen atoms in total. The Bertz CT molecular complexity index is 337. The van der Waals surface area contributed by atoms with E-state index in [-0.39, 0.29) is 29.8 Å². The summed E-state index contributed by atoms with van der Waals surface area (Å²) in [5, 5.41) is 3.02. The Balaban J connectivity index is 0.00000441. The maximum absolute atomic E-state index is 12.0. The molecule has 0 bridgehead atoms. The van der Waals surface area contributed by atoms with Crippen molar-refractivity contribution in [2.45, 2.75) is 51.5 Å². The van der Waals surface area contributed by atoms with E-state index >= 15 is 0 Å². The third kappa shape index (κ3) is 6.75. The lowest BCUT2D eigenvalue weighted by Crippen LogP contribution is -2.53. The van der Waals surface area contributed by atoms with Crippen LogP contribution in [0.1, 0.15) is 46.0 Å². The highest BCUT2D eigenvalue weighted by atomic mass is 35.5. The van der Waals surface area contributed by atoms with E-state index in [1.54, 1.807) is 0 Å². The zero-order valence-electron chi connectivity index (χ0n) is 13.7. The Hall–Kier alpha value is -0.460. The first-order chi connectivity index (χ1) is 10.1. The van der Waals surface area contributed by atoms with Crippen LogP contribution in [0, 0.1) is 0 Å². The lowest BCUT2D eigenvalue weighted by molar-refractivity contribution is -0.129. The molecule has 0 spiro atoms. The molecule has 1 heterocycles. The molecule has 1 aliphatic rings. The molecule has 0 aromatic carbocycles. The summed E-state index contributed by atoms with van der Waals surface area (Å²) in [5.41, 5.74) is 5.47. The maximum Gasteiger partial charge on any atom is 0.232 e. The molecule has 3 N–H and O–H groups in total. The van der Waals surface area contributed by atoms with Gasteiger partial charge in [0.2, 0.25) is 11.8 Å². The van der Waals surface area contributed by atoms with Crippen LogP contribution in [0.15, 0.2) is 0 Å². The highest BCUT2D eigenvalue weighted by Gasteiger charge is 2.26. The Morgan fingerprint density at radius 1 is 1.14 bits per heavy atom. The van der Waals surface area contributed by atoms with E-state index < -0.39 is 0 Å². The summed E-state index contributed by atoms with van der Waals surface area (Å²) in [7, 11) is 0. The van der Waals surface area contributed by atoms with E-state index in [4.69, 9.17) is 5.73 Å². The summed E-state index contributed by atoms with van der Waals surface area (Å²) in [5.74, 6) is 0.840. The van der Waals surface area contributed by atoms with Crippen LogP contribution in [0.25, 0.3) is 0 Å². The molecule has 1 rings (SSSR count). The average Bonchev–Trinajstić information content (AvgIpc) is 2.53. The summed E-state index contributed by atoms with van der Waals surface area (Å²) < 4.78 is 0. The number of amides is 2. The van der Waals surface area contributed by atoms with Crippen molar-refractivity contribution in [2.75, 3.05) is 31.1 Å². The number of hydrogen-bond donors (Lipinski definition) is 2. The van der Waals surface area contributed by atoms with Crippen molar-refractivity contribution in [1.29, 1.82) is 0 Å². The minimum atomic E-state index is -0.297. The van der Waals surface area contributed by atoms with E-state index in [1.165, 1.54) is 18.2 Å². The van der Waals surface area contributed by atoms with Gasteiger partial charge in [0.25, 0.3) is 0 Å². The van der Waals surface area contributed by atoms with E-state index in [1.807, 2.05) is 18.7 Å². The lowest BCUT2D eigenvalue weighted by Gasteiger charge is -2.31. The van der Waals surface area contributed by atoms with E-state index in [2.05, 4.69) is 5.32 Å². The topological polar surface area (TPSA) is 75.4 Å². The van der Waals surface area contributed by atoms with Crippen molar-refractivity contribution < 1.29 is 9.59 Å². The number of carbonyl (C=O) groups excluding carboxylic acids is 2. The molecule has 130 valence electrons. The summed E-state index contributed by atoms with van der Waals surface area (Å²) in [4.78, 5) is 25.9. The van der Waals surface area contributed by atoms with Gasteiger partial charge in [-0.05, 0) is 32.1 Å². The number of nitrogens with one attached hydrogen (secondary N) is 1. The zero-order valence-corrected chi connectivity index (χ0v) is 15.4. The molecule has 7 heteroatoms. The van der Waals surface area contributed by atoms with Crippen molar-refractivity contribution in [3.05, 3.63) is 0 Å². The molecule has 22 heavy (non-hydrogen) atoms. The smallest absolute Gasteiger partial charge is 0.232 e. The molecule has 0 radical (unpaired) electrons. The number of halogens is 1. The number of hydrogen-bond acceptors (Lipinski definition) is 4. The molecule has 2 amide bonds. The molecule has 1 aliphatic heterocycles. The Morgan fingerprint density at radius 2 is 1.73 bits per heavy atom. The van der Waals surface area contributed by atoms with Crippen LogP contribution in [0.3, 0.4) is 0 Å². The lowest BCUT2D eigenvalue weighted by atomic mass is 9.93. The summed E-state index contributed by atoms with van der Waals surface area (Å²) in [6.07, 6.45) is 5.06. The number of piperidine rings is 1. The van der Waals surface area contributed by atoms with Crippen molar-refractivity contribution in [3.8, 4) is 0 Å². The fraction of sp³-hybridized carbons (Fsp3) is 0.867. The monoisotopic (exact) mass is 351 g/mol. The van der Waals surface area contributed by atoms with Crippen LogP contribution in [0.4, 0.5) is 0 Å². The Morgan fingerprint density at radius 3 is 2.23 bits per heavy atom. The number of nitrogens with zero attached hydrogens (tertiary/aromatic N) is 1. The first kappa shape index (κ1) is 21.5. The molecule has 0 aromatic rings. The van der Waals surface area contributed by atoms with Crippen LogP contribution in [-0.2, 0) is 9.59 Å². The average molecular weight is 352 g/mol. The van der Waals surface area contributed by atoms with Gasteiger partial charge in [-0.25, -0.2) is 0 Å². The van der Waals surface area contributed by atoms with E-state index in [0.717, 1.165) is 38.8 Å². The first-order valence-electron chi connectivity index (χ1n) is 7.93. The molecule has 0 aliphatic carbocycles. The van der Waals surface area contributed by atoms with Crippen molar-refractivity contribution >= 4 is 36.0 Å². The summed E-state index contributed by atoms with van der Waals surface area (Å²) in [6.45, 7) is 6.25. The van der Waals surface area contributed by atoms with Gasteiger partial charge >= 0.3 is 0 Å². The second-order valence-corrected chi connectivity index (χ2v) is 6.66. The zero-order chi connectivity index (χ0) is 15.7. The van der Waals surface area contributed by atoms with Crippen molar-refractivity contribution in [2.24, 2.45) is 5.73 Å². The number of nitrogens with two attached hydrogens (primary N) is 1. The summed E-state index contributed by atoms with van der Waals surface area (Å²) >= 11 is 1.39. The summed E-state index contributed by atoms with van der Waals surface area (Å²) in [6, 6.07) is 0. The highest BCUT2D eigenvalue weighted by Crippen LogP contribution is 2.14. The van der Waals surface area contributed by atoms with Crippen LogP contribution in [0.2, 0.25) is 0 Å². The van der Waals surface area contributed by atoms with Crippen LogP contribution < -0.4 is 11.1 Å². The minimum absolute atomic E-state index is 0. The number of likely N-dealkylation sites (tertiary alicyclic amines) is 1. The van der Waals surface area contributed by atoms with Gasteiger partial charge in [0, 0.05) is 19.6 Å². The fourth-order valence-electron chi connectivity index (χ4n) is 2.56. The molecule has 0 aromatic heterocycles. The van der Waals surface area contributed by atoms with Gasteiger partial charge in [0.05, 0.1) is 17.0 Å². The van der Waals surface area contributed by atoms with E-state index in [9.17, 15) is 9.59 Å². The molecular formula is C15H30ClN3O2S. The number of rotatable bonds is 8. The van der Waals surface area contributed by atoms with Gasteiger partial charge in [0.15, 0.2) is 0 Å². The Labute approximate surface area is 144 Å². The first-order valence-corrected chi connectivity index (χ1v) is 9.09. The van der Waals surface area contributed by atoms with Crippen LogP contribution in [0.5, 0.6) is 0 Å². The predicted octanol–water partition coefficient (Wildman–Crippen LogP) is 1.79. The van der Waals surface area contributed by atoms with Gasteiger partial charge < -0.3 is 16.0 Å². The molecule has 1 saturated heterocycles. The fourth-order valence-corrected chi connectivity index (χ4v) is 3.28. The second-order valence-electron chi connectivity index (χ2n) is 5.67. The van der Waals surface area contributed by atoms with Crippen molar-refractivity contribution in [1.82, 2.24) is 10.2 Å². The standard InChI is InChI=1S/C15H29N3O2S.ClH/c1-3-15(4-2,12-16)17-13(19)10-21-11-14(20)18-8-6-5-7-9-18;/h3-12,16H2,1-2H3,(H,17,19);1H. The number of thioether (sulfide) groups is 1. The predicted molar refractivity (Wildman–Crippen MR) is 95.5 cm³/mol. The van der Waals surface area contributed by atoms with Crippen molar-refractivity contribution in [3.63, 3.8) is 0 Å². The van der Waals surface area contributed by atoms with Gasteiger partial charge in [-0.15, -0.1) is 24.2 Å². The van der Waals surface area contributed by atoms with Gasteiger partial charge in [-0.3, -0.25) is 9.59 Å². The Kier molecular flexibility index (Phi) is 10.9. The highest BCUT2D eigenvalue weighted by molar-refractivity contribution is 8.00. The largest absolute Gasteiger partial charge is 0.349 e. The van der Waals surface area contributed by atoms with Crippen LogP contribution >= 0.6 is 24.2 Å². The minimum Gasteiger partial charge on any atom is -0.349 e. The van der Waals surface area contributed by atoms with Gasteiger partial charge in [-0.2, -0.15) is 0 Å². The van der Waals surface area contributed by atoms with Gasteiger partial charge in [-0.1, -0.05) is 13.8 Å². The molecule has 0 saturated carbocycles. The molecular weight excluding hydrogens is 322 g/mol.